The van der Waals surface area contributed by atoms with Crippen LogP contribution in [-0.4, -0.2) is 38.2 Å². The molecule has 112 valence electrons. The molecule has 5 nitrogen and oxygen atoms in total. The maximum atomic E-state index is 11.4. The second-order valence-electron chi connectivity index (χ2n) is 5.82. The normalized spacial score (nSPS) is 31.2. The van der Waals surface area contributed by atoms with Crippen molar-refractivity contribution in [1.29, 1.82) is 0 Å². The first kappa shape index (κ1) is 14.7. The number of amides is 1. The number of hydrogen-bond acceptors (Lipinski definition) is 3. The van der Waals surface area contributed by atoms with Gasteiger partial charge in [-0.1, -0.05) is 12.2 Å². The van der Waals surface area contributed by atoms with Crippen molar-refractivity contribution in [3.63, 3.8) is 0 Å². The number of nitrogens with zero attached hydrogens (tertiary/aromatic N) is 2. The number of rotatable bonds is 2. The van der Waals surface area contributed by atoms with Crippen LogP contribution in [0.15, 0.2) is 22.9 Å². The van der Waals surface area contributed by atoms with E-state index in [0.717, 1.165) is 22.9 Å². The third-order valence-corrected chi connectivity index (χ3v) is 5.56. The van der Waals surface area contributed by atoms with Gasteiger partial charge in [0.25, 0.3) is 0 Å². The summed E-state index contributed by atoms with van der Waals surface area (Å²) >= 11 is 8.79. The zero-order valence-corrected chi connectivity index (χ0v) is 13.7. The van der Waals surface area contributed by atoms with Gasteiger partial charge in [-0.25, -0.2) is 4.79 Å². The average molecular weight is 370 g/mol. The highest BCUT2D eigenvalue weighted by molar-refractivity contribution is 9.10. The molecule has 2 aliphatic heterocycles. The molecule has 1 amide bonds. The van der Waals surface area contributed by atoms with Crippen LogP contribution in [0.3, 0.4) is 0 Å². The summed E-state index contributed by atoms with van der Waals surface area (Å²) in [6.07, 6.45) is 5.71. The van der Waals surface area contributed by atoms with Gasteiger partial charge in [-0.15, -0.1) is 0 Å². The smallest absolute Gasteiger partial charge is 0.407 e. The van der Waals surface area contributed by atoms with Gasteiger partial charge in [0.2, 0.25) is 0 Å². The Labute approximate surface area is 136 Å². The molecule has 3 heterocycles. The van der Waals surface area contributed by atoms with Crippen LogP contribution in [0.1, 0.15) is 31.2 Å². The molecule has 3 rings (SSSR count). The average Bonchev–Trinajstić information content (AvgIpc) is 2.70. The Balaban J connectivity index is 2.02. The van der Waals surface area contributed by atoms with E-state index >= 15 is 0 Å². The molecular weight excluding hydrogens is 354 g/mol. The first-order chi connectivity index (χ1) is 9.94. The van der Waals surface area contributed by atoms with Crippen LogP contribution in [0, 0.1) is 0 Å². The first-order valence-electron chi connectivity index (χ1n) is 6.86. The molecule has 21 heavy (non-hydrogen) atoms. The van der Waals surface area contributed by atoms with Crippen LogP contribution in [0.25, 0.3) is 0 Å². The zero-order valence-electron chi connectivity index (χ0n) is 11.3. The standard InChI is InChI=1S/C14H16BrN3O2S/c15-9-3-8(6-17-7-9)14(12(16)21)4-10-1-2-11(5-14)18(10)13(19)20/h3,6-7,10-11H,1-2,4-5H2,(H2,16,21)(H,19,20)/t10-,11+,14?. The number of carbonyl (C=O) groups is 1. The van der Waals surface area contributed by atoms with Gasteiger partial charge in [0.1, 0.15) is 0 Å². The van der Waals surface area contributed by atoms with E-state index in [4.69, 9.17) is 18.0 Å². The molecule has 3 atom stereocenters. The molecule has 0 spiro atoms. The van der Waals surface area contributed by atoms with Gasteiger partial charge in [-0.2, -0.15) is 0 Å². The monoisotopic (exact) mass is 369 g/mol. The predicted octanol–water partition coefficient (Wildman–Crippen LogP) is 2.67. The number of halogens is 1. The maximum Gasteiger partial charge on any atom is 0.407 e. The quantitative estimate of drug-likeness (QED) is 0.783. The largest absolute Gasteiger partial charge is 0.465 e. The van der Waals surface area contributed by atoms with Gasteiger partial charge in [-0.05, 0) is 53.2 Å². The van der Waals surface area contributed by atoms with Gasteiger partial charge in [-0.3, -0.25) is 4.98 Å². The predicted molar refractivity (Wildman–Crippen MR) is 86.3 cm³/mol. The molecule has 1 aromatic rings. The fraction of sp³-hybridized carbons (Fsp3) is 0.500. The van der Waals surface area contributed by atoms with Crippen LogP contribution < -0.4 is 5.73 Å². The lowest BCUT2D eigenvalue weighted by Gasteiger charge is -2.45. The van der Waals surface area contributed by atoms with Crippen molar-refractivity contribution in [3.8, 4) is 0 Å². The second kappa shape index (κ2) is 5.21. The van der Waals surface area contributed by atoms with Gasteiger partial charge >= 0.3 is 6.09 Å². The van der Waals surface area contributed by atoms with E-state index in [-0.39, 0.29) is 12.1 Å². The molecule has 2 bridgehead atoms. The van der Waals surface area contributed by atoms with Crippen LogP contribution in [0.4, 0.5) is 4.79 Å². The van der Waals surface area contributed by atoms with Gasteiger partial charge in [0.05, 0.1) is 10.4 Å². The minimum absolute atomic E-state index is 0.0123. The maximum absolute atomic E-state index is 11.4. The number of carboxylic acid groups (broad SMARTS) is 1. The van der Waals surface area contributed by atoms with Crippen LogP contribution in [0.5, 0.6) is 0 Å². The van der Waals surface area contributed by atoms with E-state index in [1.165, 1.54) is 0 Å². The Morgan fingerprint density at radius 2 is 2.05 bits per heavy atom. The van der Waals surface area contributed by atoms with E-state index in [0.29, 0.717) is 17.8 Å². The summed E-state index contributed by atoms with van der Waals surface area (Å²) < 4.78 is 0.878. The molecule has 3 N–H and O–H groups in total. The number of thiocarbonyl (C=S) groups is 1. The summed E-state index contributed by atoms with van der Waals surface area (Å²) in [5.41, 5.74) is 6.60. The van der Waals surface area contributed by atoms with Gasteiger partial charge in [0.15, 0.2) is 0 Å². The van der Waals surface area contributed by atoms with E-state index in [1.807, 2.05) is 6.07 Å². The molecule has 2 fully saturated rings. The summed E-state index contributed by atoms with van der Waals surface area (Å²) in [5, 5.41) is 9.38. The highest BCUT2D eigenvalue weighted by Crippen LogP contribution is 2.47. The Kier molecular flexibility index (Phi) is 3.65. The molecule has 2 aliphatic rings. The number of nitrogens with two attached hydrogens (primary N) is 1. The first-order valence-corrected chi connectivity index (χ1v) is 8.06. The number of fused-ring (bicyclic) bond motifs is 2. The fourth-order valence-corrected chi connectivity index (χ4v) is 4.46. The number of piperidine rings is 1. The lowest BCUT2D eigenvalue weighted by atomic mass is 9.70. The Morgan fingerprint density at radius 3 is 2.52 bits per heavy atom. The molecular formula is C14H16BrN3O2S. The molecule has 0 radical (unpaired) electrons. The SMILES string of the molecule is NC(=S)C1(c2cncc(Br)c2)C[C@H]2CC[C@@H](C1)N2C(=O)O. The zero-order chi connectivity index (χ0) is 15.2. The fourth-order valence-electron chi connectivity index (χ4n) is 3.81. The minimum Gasteiger partial charge on any atom is -0.465 e. The van der Waals surface area contributed by atoms with Crippen molar-refractivity contribution < 1.29 is 9.90 Å². The number of hydrogen-bond donors (Lipinski definition) is 2. The lowest BCUT2D eigenvalue weighted by Crippen LogP contribution is -2.55. The van der Waals surface area contributed by atoms with E-state index in [9.17, 15) is 9.90 Å². The van der Waals surface area contributed by atoms with Gasteiger partial charge in [0, 0.05) is 29.0 Å². The second-order valence-corrected chi connectivity index (χ2v) is 7.18. The Morgan fingerprint density at radius 1 is 1.43 bits per heavy atom. The Bertz CT molecular complexity index is 596. The minimum atomic E-state index is -0.841. The molecule has 7 heteroatoms. The summed E-state index contributed by atoms with van der Waals surface area (Å²) in [6.45, 7) is 0. The molecule has 1 unspecified atom stereocenters. The summed E-state index contributed by atoms with van der Waals surface area (Å²) in [4.78, 5) is 17.7. The van der Waals surface area contributed by atoms with Crippen molar-refractivity contribution in [3.05, 3.63) is 28.5 Å². The van der Waals surface area contributed by atoms with Crippen LogP contribution in [-0.2, 0) is 5.41 Å². The Hall–Kier alpha value is -1.21. The molecule has 1 aromatic heterocycles. The van der Waals surface area contributed by atoms with Gasteiger partial charge < -0.3 is 15.7 Å². The summed E-state index contributed by atoms with van der Waals surface area (Å²) in [5.74, 6) is 0. The van der Waals surface area contributed by atoms with E-state index in [1.54, 1.807) is 17.3 Å². The summed E-state index contributed by atoms with van der Waals surface area (Å²) in [7, 11) is 0. The van der Waals surface area contributed by atoms with Crippen LogP contribution in [0.2, 0.25) is 0 Å². The van der Waals surface area contributed by atoms with Crippen molar-refractivity contribution >= 4 is 39.2 Å². The third-order valence-electron chi connectivity index (χ3n) is 4.74. The van der Waals surface area contributed by atoms with E-state index in [2.05, 4.69) is 20.9 Å². The number of pyridine rings is 1. The lowest BCUT2D eigenvalue weighted by molar-refractivity contribution is 0.0880. The van der Waals surface area contributed by atoms with Crippen molar-refractivity contribution in [2.75, 3.05) is 0 Å². The van der Waals surface area contributed by atoms with E-state index < -0.39 is 11.5 Å². The molecule has 0 aromatic carbocycles. The van der Waals surface area contributed by atoms with Crippen molar-refractivity contribution in [1.82, 2.24) is 9.88 Å². The summed E-state index contributed by atoms with van der Waals surface area (Å²) in [6, 6.07) is 1.96. The number of aromatic nitrogens is 1. The van der Waals surface area contributed by atoms with Crippen molar-refractivity contribution in [2.45, 2.75) is 43.2 Å². The highest BCUT2D eigenvalue weighted by Gasteiger charge is 2.52. The highest BCUT2D eigenvalue weighted by atomic mass is 79.9. The molecule has 2 saturated heterocycles. The van der Waals surface area contributed by atoms with Crippen molar-refractivity contribution in [2.24, 2.45) is 5.73 Å². The molecule has 0 saturated carbocycles. The topological polar surface area (TPSA) is 79.5 Å². The molecule has 0 aliphatic carbocycles. The van der Waals surface area contributed by atoms with Crippen LogP contribution >= 0.6 is 28.1 Å². The third kappa shape index (κ3) is 2.32.